The summed E-state index contributed by atoms with van der Waals surface area (Å²) in [7, 11) is 0. The third-order valence-corrected chi connectivity index (χ3v) is 2.05. The fourth-order valence-electron chi connectivity index (χ4n) is 1.13. The average molecular weight is 162 g/mol. The summed E-state index contributed by atoms with van der Waals surface area (Å²) in [6.07, 6.45) is 3.70. The molecule has 0 unspecified atom stereocenters. The summed E-state index contributed by atoms with van der Waals surface area (Å²) in [5.41, 5.74) is 3.75. The number of rotatable bonds is 2. The van der Waals surface area contributed by atoms with Gasteiger partial charge in [-0.2, -0.15) is 0 Å². The molecule has 0 aliphatic rings. The Bertz CT molecular complexity index is 287. The van der Waals surface area contributed by atoms with Gasteiger partial charge in [0.2, 0.25) is 0 Å². The van der Waals surface area contributed by atoms with Gasteiger partial charge in [-0.1, -0.05) is 30.4 Å². The minimum Gasteiger partial charge on any atom is -0.392 e. The van der Waals surface area contributed by atoms with Crippen molar-refractivity contribution in [1.29, 1.82) is 0 Å². The van der Waals surface area contributed by atoms with E-state index in [1.54, 1.807) is 6.08 Å². The number of aryl methyl sites for hydroxylation is 1. The zero-order chi connectivity index (χ0) is 8.97. The van der Waals surface area contributed by atoms with Crippen LogP contribution in [0.2, 0.25) is 0 Å². The van der Waals surface area contributed by atoms with Crippen LogP contribution in [0.5, 0.6) is 0 Å². The van der Waals surface area contributed by atoms with Crippen molar-refractivity contribution in [3.8, 4) is 0 Å². The van der Waals surface area contributed by atoms with E-state index in [-0.39, 0.29) is 6.61 Å². The van der Waals surface area contributed by atoms with Gasteiger partial charge < -0.3 is 5.11 Å². The van der Waals surface area contributed by atoms with Crippen molar-refractivity contribution in [2.45, 2.75) is 13.8 Å². The van der Waals surface area contributed by atoms with Gasteiger partial charge >= 0.3 is 0 Å². The summed E-state index contributed by atoms with van der Waals surface area (Å²) in [6.45, 7) is 4.28. The van der Waals surface area contributed by atoms with Crippen LogP contribution in [0, 0.1) is 13.8 Å². The second-order valence-electron chi connectivity index (χ2n) is 2.87. The summed E-state index contributed by atoms with van der Waals surface area (Å²) in [5, 5.41) is 8.60. The fraction of sp³-hybridized carbons (Fsp3) is 0.273. The molecular weight excluding hydrogens is 148 g/mol. The predicted octanol–water partition coefficient (Wildman–Crippen LogP) is 2.31. The summed E-state index contributed by atoms with van der Waals surface area (Å²) >= 11 is 0. The number of hydrogen-bond acceptors (Lipinski definition) is 1. The molecule has 1 aromatic rings. The van der Waals surface area contributed by atoms with Gasteiger partial charge in [-0.05, 0) is 30.5 Å². The van der Waals surface area contributed by atoms with Crippen molar-refractivity contribution in [3.63, 3.8) is 0 Å². The van der Waals surface area contributed by atoms with Gasteiger partial charge in [-0.15, -0.1) is 0 Å². The summed E-state index contributed by atoms with van der Waals surface area (Å²) < 4.78 is 0. The zero-order valence-corrected chi connectivity index (χ0v) is 7.54. The predicted molar refractivity (Wildman–Crippen MR) is 52.0 cm³/mol. The molecule has 0 saturated heterocycles. The van der Waals surface area contributed by atoms with Gasteiger partial charge in [0.15, 0.2) is 0 Å². The lowest BCUT2D eigenvalue weighted by Gasteiger charge is -2.02. The summed E-state index contributed by atoms with van der Waals surface area (Å²) in [6, 6.07) is 6.17. The maximum Gasteiger partial charge on any atom is 0.0615 e. The Morgan fingerprint density at radius 3 is 2.75 bits per heavy atom. The van der Waals surface area contributed by atoms with Crippen LogP contribution >= 0.6 is 0 Å². The van der Waals surface area contributed by atoms with Crippen molar-refractivity contribution in [3.05, 3.63) is 41.0 Å². The maximum absolute atomic E-state index is 8.60. The van der Waals surface area contributed by atoms with Crippen LogP contribution in [-0.2, 0) is 0 Å². The van der Waals surface area contributed by atoms with E-state index in [1.165, 1.54) is 16.7 Å². The quantitative estimate of drug-likeness (QED) is 0.707. The van der Waals surface area contributed by atoms with Crippen LogP contribution in [0.15, 0.2) is 24.3 Å². The first-order valence-electron chi connectivity index (χ1n) is 4.09. The van der Waals surface area contributed by atoms with Crippen LogP contribution in [0.1, 0.15) is 16.7 Å². The second-order valence-corrected chi connectivity index (χ2v) is 2.87. The Hall–Kier alpha value is -1.08. The van der Waals surface area contributed by atoms with E-state index >= 15 is 0 Å². The van der Waals surface area contributed by atoms with E-state index in [9.17, 15) is 0 Å². The number of benzene rings is 1. The highest BCUT2D eigenvalue weighted by Gasteiger charge is 1.95. The molecule has 0 saturated carbocycles. The lowest BCUT2D eigenvalue weighted by atomic mass is 10.0. The van der Waals surface area contributed by atoms with Crippen molar-refractivity contribution < 1.29 is 5.11 Å². The molecule has 1 rings (SSSR count). The first kappa shape index (κ1) is 9.01. The van der Waals surface area contributed by atoms with Gasteiger partial charge in [0.1, 0.15) is 0 Å². The van der Waals surface area contributed by atoms with Crippen LogP contribution in [0.3, 0.4) is 0 Å². The third kappa shape index (κ3) is 1.95. The topological polar surface area (TPSA) is 20.2 Å². The van der Waals surface area contributed by atoms with E-state index in [4.69, 9.17) is 5.11 Å². The summed E-state index contributed by atoms with van der Waals surface area (Å²) in [4.78, 5) is 0. The van der Waals surface area contributed by atoms with E-state index < -0.39 is 0 Å². The Labute approximate surface area is 73.4 Å². The van der Waals surface area contributed by atoms with Crippen LogP contribution in [0.4, 0.5) is 0 Å². The highest BCUT2D eigenvalue weighted by Crippen LogP contribution is 2.13. The van der Waals surface area contributed by atoms with Gasteiger partial charge in [0.25, 0.3) is 0 Å². The fourth-order valence-corrected chi connectivity index (χ4v) is 1.13. The SMILES string of the molecule is Cc1cccc(C=CCO)c1C. The third-order valence-electron chi connectivity index (χ3n) is 2.05. The molecule has 1 heteroatoms. The monoisotopic (exact) mass is 162 g/mol. The Morgan fingerprint density at radius 2 is 2.08 bits per heavy atom. The number of aliphatic hydroxyl groups excluding tert-OH is 1. The molecule has 0 radical (unpaired) electrons. The average Bonchev–Trinajstić information content (AvgIpc) is 2.08. The molecule has 0 amide bonds. The van der Waals surface area contributed by atoms with Crippen molar-refractivity contribution in [2.75, 3.05) is 6.61 Å². The normalized spacial score (nSPS) is 10.9. The lowest BCUT2D eigenvalue weighted by molar-refractivity contribution is 0.343. The molecule has 64 valence electrons. The molecule has 0 heterocycles. The molecule has 0 fully saturated rings. The Balaban J connectivity index is 3.00. The van der Waals surface area contributed by atoms with Crippen LogP contribution in [-0.4, -0.2) is 11.7 Å². The molecule has 0 atom stereocenters. The van der Waals surface area contributed by atoms with Crippen molar-refractivity contribution in [2.24, 2.45) is 0 Å². The zero-order valence-electron chi connectivity index (χ0n) is 7.54. The van der Waals surface area contributed by atoms with E-state index in [1.807, 2.05) is 12.1 Å². The highest BCUT2D eigenvalue weighted by molar-refractivity contribution is 5.55. The minimum absolute atomic E-state index is 0.105. The lowest BCUT2D eigenvalue weighted by Crippen LogP contribution is -1.84. The number of hydrogen-bond donors (Lipinski definition) is 1. The van der Waals surface area contributed by atoms with E-state index in [0.29, 0.717) is 0 Å². The van der Waals surface area contributed by atoms with Gasteiger partial charge in [-0.3, -0.25) is 0 Å². The largest absolute Gasteiger partial charge is 0.392 e. The molecule has 0 aliphatic heterocycles. The second kappa shape index (κ2) is 4.07. The van der Waals surface area contributed by atoms with Crippen LogP contribution in [0.25, 0.3) is 6.08 Å². The highest BCUT2D eigenvalue weighted by atomic mass is 16.2. The first-order valence-corrected chi connectivity index (χ1v) is 4.09. The van der Waals surface area contributed by atoms with Crippen LogP contribution < -0.4 is 0 Å². The standard InChI is InChI=1S/C11H14O/c1-9-5-3-6-11(10(9)2)7-4-8-12/h3-7,12H,8H2,1-2H3. The van der Waals surface area contributed by atoms with Crippen molar-refractivity contribution in [1.82, 2.24) is 0 Å². The molecule has 0 aliphatic carbocycles. The molecular formula is C11H14O. The molecule has 1 N–H and O–H groups in total. The Kier molecular flexibility index (Phi) is 3.06. The first-order chi connectivity index (χ1) is 5.75. The van der Waals surface area contributed by atoms with E-state index in [0.717, 1.165) is 0 Å². The number of aliphatic hydroxyl groups is 1. The molecule has 1 aromatic carbocycles. The molecule has 0 bridgehead atoms. The van der Waals surface area contributed by atoms with Gasteiger partial charge in [0, 0.05) is 0 Å². The maximum atomic E-state index is 8.60. The minimum atomic E-state index is 0.105. The molecule has 0 spiro atoms. The smallest absolute Gasteiger partial charge is 0.0615 e. The Morgan fingerprint density at radius 1 is 1.33 bits per heavy atom. The van der Waals surface area contributed by atoms with Gasteiger partial charge in [-0.25, -0.2) is 0 Å². The van der Waals surface area contributed by atoms with E-state index in [2.05, 4.69) is 26.0 Å². The van der Waals surface area contributed by atoms with Gasteiger partial charge in [0.05, 0.1) is 6.61 Å². The molecule has 0 aromatic heterocycles. The molecule has 1 nitrogen and oxygen atoms in total. The molecule has 12 heavy (non-hydrogen) atoms. The summed E-state index contributed by atoms with van der Waals surface area (Å²) in [5.74, 6) is 0. The van der Waals surface area contributed by atoms with Crippen molar-refractivity contribution >= 4 is 6.08 Å².